The number of aromatic nitrogens is 4. The fraction of sp³-hybridized carbons (Fsp3) is 0.462. The molecule has 0 aromatic carbocycles. The summed E-state index contributed by atoms with van der Waals surface area (Å²) in [4.78, 5) is 12.3. The second-order valence-electron chi connectivity index (χ2n) is 5.01. The van der Waals surface area contributed by atoms with Crippen LogP contribution in [0.15, 0.2) is 18.6 Å². The van der Waals surface area contributed by atoms with Gasteiger partial charge in [-0.1, -0.05) is 0 Å². The van der Waals surface area contributed by atoms with E-state index in [4.69, 9.17) is 5.73 Å². The second-order valence-corrected chi connectivity index (χ2v) is 5.01. The molecule has 2 heterocycles. The molecule has 106 valence electrons. The van der Waals surface area contributed by atoms with Gasteiger partial charge in [0.1, 0.15) is 12.0 Å². The third kappa shape index (κ3) is 2.38. The number of rotatable bonds is 5. The first kappa shape index (κ1) is 12.7. The van der Waals surface area contributed by atoms with Crippen molar-refractivity contribution >= 4 is 11.6 Å². The third-order valence-electron chi connectivity index (χ3n) is 3.49. The van der Waals surface area contributed by atoms with Crippen molar-refractivity contribution in [2.75, 3.05) is 5.73 Å². The number of hydrogen-bond acceptors (Lipinski definition) is 4. The Kier molecular flexibility index (Phi) is 3.17. The molecule has 1 aliphatic carbocycles. The first-order valence-corrected chi connectivity index (χ1v) is 6.81. The van der Waals surface area contributed by atoms with E-state index < -0.39 is 0 Å². The molecule has 0 radical (unpaired) electrons. The van der Waals surface area contributed by atoms with Gasteiger partial charge in [0.25, 0.3) is 5.91 Å². The Morgan fingerprint density at radius 3 is 3.05 bits per heavy atom. The zero-order chi connectivity index (χ0) is 14.1. The van der Waals surface area contributed by atoms with Gasteiger partial charge in [-0.15, -0.1) is 10.2 Å². The minimum Gasteiger partial charge on any atom is -0.397 e. The average Bonchev–Trinajstić information content (AvgIpc) is 3.06. The van der Waals surface area contributed by atoms with Crippen LogP contribution in [0.5, 0.6) is 0 Å². The van der Waals surface area contributed by atoms with Crippen LogP contribution in [0, 0.1) is 0 Å². The first-order valence-electron chi connectivity index (χ1n) is 6.81. The Hall–Kier alpha value is -2.31. The molecule has 0 saturated heterocycles. The van der Waals surface area contributed by atoms with Crippen LogP contribution >= 0.6 is 0 Å². The molecule has 7 nitrogen and oxygen atoms in total. The number of aryl methyl sites for hydroxylation is 1. The Morgan fingerprint density at radius 1 is 1.55 bits per heavy atom. The molecular weight excluding hydrogens is 256 g/mol. The van der Waals surface area contributed by atoms with Crippen LogP contribution in [0.1, 0.15) is 42.1 Å². The largest absolute Gasteiger partial charge is 0.397 e. The molecule has 0 aliphatic heterocycles. The monoisotopic (exact) mass is 274 g/mol. The molecule has 1 fully saturated rings. The molecule has 0 atom stereocenters. The van der Waals surface area contributed by atoms with Crippen molar-refractivity contribution in [1.29, 1.82) is 0 Å². The summed E-state index contributed by atoms with van der Waals surface area (Å²) in [5.74, 6) is 0.623. The number of nitrogen functional groups attached to an aromatic ring is 1. The summed E-state index contributed by atoms with van der Waals surface area (Å²) in [6.45, 7) is 3.15. The predicted molar refractivity (Wildman–Crippen MR) is 74.0 cm³/mol. The molecule has 0 bridgehead atoms. The number of nitrogens with two attached hydrogens (primary N) is 1. The summed E-state index contributed by atoms with van der Waals surface area (Å²) in [5, 5.41) is 10.7. The van der Waals surface area contributed by atoms with Crippen LogP contribution in [-0.2, 0) is 13.1 Å². The summed E-state index contributed by atoms with van der Waals surface area (Å²) >= 11 is 0. The highest BCUT2D eigenvalue weighted by Gasteiger charge is 2.27. The Labute approximate surface area is 116 Å². The zero-order valence-electron chi connectivity index (χ0n) is 11.4. The smallest absolute Gasteiger partial charge is 0.268 e. The van der Waals surface area contributed by atoms with Crippen molar-refractivity contribution in [2.24, 2.45) is 0 Å². The number of amides is 1. The van der Waals surface area contributed by atoms with Crippen molar-refractivity contribution in [2.45, 2.75) is 38.9 Å². The van der Waals surface area contributed by atoms with E-state index in [-0.39, 0.29) is 5.91 Å². The predicted octanol–water partition coefficient (Wildman–Crippen LogP) is 0.947. The summed E-state index contributed by atoms with van der Waals surface area (Å²) in [5.41, 5.74) is 7.03. The molecule has 0 unspecified atom stereocenters. The molecule has 1 saturated carbocycles. The van der Waals surface area contributed by atoms with Gasteiger partial charge >= 0.3 is 0 Å². The van der Waals surface area contributed by atoms with Crippen molar-refractivity contribution < 1.29 is 4.79 Å². The van der Waals surface area contributed by atoms with Gasteiger partial charge in [0.2, 0.25) is 0 Å². The van der Waals surface area contributed by atoms with Gasteiger partial charge in [0.15, 0.2) is 5.82 Å². The van der Waals surface area contributed by atoms with Crippen LogP contribution < -0.4 is 11.1 Å². The number of nitrogens with zero attached hydrogens (tertiary/aromatic N) is 4. The van der Waals surface area contributed by atoms with E-state index in [1.165, 1.54) is 0 Å². The van der Waals surface area contributed by atoms with Gasteiger partial charge in [0.05, 0.1) is 12.2 Å². The van der Waals surface area contributed by atoms with Gasteiger partial charge in [-0.25, -0.2) is 0 Å². The summed E-state index contributed by atoms with van der Waals surface area (Å²) in [6, 6.07) is 2.14. The Bertz CT molecular complexity index is 625. The van der Waals surface area contributed by atoms with E-state index >= 15 is 0 Å². The summed E-state index contributed by atoms with van der Waals surface area (Å²) < 4.78 is 3.86. The maximum absolute atomic E-state index is 12.3. The van der Waals surface area contributed by atoms with Crippen LogP contribution in [0.25, 0.3) is 0 Å². The lowest BCUT2D eigenvalue weighted by Crippen LogP contribution is -2.26. The Morgan fingerprint density at radius 2 is 2.35 bits per heavy atom. The topological polar surface area (TPSA) is 90.8 Å². The van der Waals surface area contributed by atoms with Gasteiger partial charge < -0.3 is 20.2 Å². The average molecular weight is 274 g/mol. The van der Waals surface area contributed by atoms with Gasteiger partial charge in [0, 0.05) is 18.8 Å². The fourth-order valence-electron chi connectivity index (χ4n) is 2.27. The number of carbonyl (C=O) groups excluding carboxylic acids is 1. The lowest BCUT2D eigenvalue weighted by Gasteiger charge is -2.08. The standard InChI is InChI=1S/C13H18N6O/c1-2-18-8-16-17-12(18)6-15-13(20)11-5-9(14)7-19(11)10-3-4-10/h5,7-8,10H,2-4,6,14H2,1H3,(H,15,20). The lowest BCUT2D eigenvalue weighted by atomic mass is 10.3. The molecule has 7 heteroatoms. The highest BCUT2D eigenvalue weighted by atomic mass is 16.1. The van der Waals surface area contributed by atoms with Gasteiger partial charge in [-0.3, -0.25) is 4.79 Å². The molecule has 1 amide bonds. The molecular formula is C13H18N6O. The van der Waals surface area contributed by atoms with Crippen LogP contribution in [0.4, 0.5) is 5.69 Å². The molecule has 0 spiro atoms. The quantitative estimate of drug-likeness (QED) is 0.849. The molecule has 20 heavy (non-hydrogen) atoms. The van der Waals surface area contributed by atoms with E-state index in [1.54, 1.807) is 12.4 Å². The molecule has 3 rings (SSSR count). The number of anilines is 1. The maximum atomic E-state index is 12.3. The normalized spacial score (nSPS) is 14.4. The van der Waals surface area contributed by atoms with E-state index in [2.05, 4.69) is 15.5 Å². The molecule has 3 N–H and O–H groups in total. The fourth-order valence-corrected chi connectivity index (χ4v) is 2.27. The zero-order valence-corrected chi connectivity index (χ0v) is 11.4. The SMILES string of the molecule is CCn1cnnc1CNC(=O)c1cc(N)cn1C1CC1. The number of nitrogens with one attached hydrogen (secondary N) is 1. The van der Waals surface area contributed by atoms with Gasteiger partial charge in [-0.05, 0) is 25.8 Å². The van der Waals surface area contributed by atoms with E-state index in [0.29, 0.717) is 24.0 Å². The molecule has 2 aromatic heterocycles. The minimum absolute atomic E-state index is 0.126. The number of carbonyl (C=O) groups is 1. The summed E-state index contributed by atoms with van der Waals surface area (Å²) in [7, 11) is 0. The van der Waals surface area contributed by atoms with E-state index in [0.717, 1.165) is 25.2 Å². The van der Waals surface area contributed by atoms with Crippen molar-refractivity contribution in [3.63, 3.8) is 0 Å². The van der Waals surface area contributed by atoms with Crippen LogP contribution in [-0.4, -0.2) is 25.2 Å². The second kappa shape index (κ2) is 4.99. The highest BCUT2D eigenvalue weighted by molar-refractivity contribution is 5.93. The van der Waals surface area contributed by atoms with E-state index in [1.807, 2.05) is 22.3 Å². The molecule has 2 aromatic rings. The van der Waals surface area contributed by atoms with Crippen molar-refractivity contribution in [3.8, 4) is 0 Å². The number of hydrogen-bond donors (Lipinski definition) is 2. The van der Waals surface area contributed by atoms with E-state index in [9.17, 15) is 4.79 Å². The highest BCUT2D eigenvalue weighted by Crippen LogP contribution is 2.37. The first-order chi connectivity index (χ1) is 9.69. The van der Waals surface area contributed by atoms with Crippen LogP contribution in [0.2, 0.25) is 0 Å². The third-order valence-corrected chi connectivity index (χ3v) is 3.49. The van der Waals surface area contributed by atoms with Gasteiger partial charge in [-0.2, -0.15) is 0 Å². The lowest BCUT2D eigenvalue weighted by molar-refractivity contribution is 0.0940. The summed E-state index contributed by atoms with van der Waals surface area (Å²) in [6.07, 6.45) is 5.71. The van der Waals surface area contributed by atoms with Crippen molar-refractivity contribution in [3.05, 3.63) is 30.1 Å². The maximum Gasteiger partial charge on any atom is 0.268 e. The van der Waals surface area contributed by atoms with Crippen molar-refractivity contribution in [1.82, 2.24) is 24.6 Å². The Balaban J connectivity index is 1.70. The minimum atomic E-state index is -0.126. The molecule has 1 aliphatic rings. The van der Waals surface area contributed by atoms with Crippen LogP contribution in [0.3, 0.4) is 0 Å².